The first-order valence-electron chi connectivity index (χ1n) is 8.17. The minimum absolute atomic E-state index is 0.0760. The summed E-state index contributed by atoms with van der Waals surface area (Å²) >= 11 is 0. The van der Waals surface area contributed by atoms with Crippen LogP contribution in [0, 0.1) is 0 Å². The molecule has 1 aromatic rings. The molecule has 0 heterocycles. The van der Waals surface area contributed by atoms with E-state index in [1.165, 1.54) is 49.7 Å². The number of aliphatic hydroxyl groups is 1. The zero-order chi connectivity index (χ0) is 14.6. The van der Waals surface area contributed by atoms with E-state index in [-0.39, 0.29) is 6.61 Å². The van der Waals surface area contributed by atoms with Gasteiger partial charge in [0.15, 0.2) is 0 Å². The van der Waals surface area contributed by atoms with Gasteiger partial charge in [0.2, 0.25) is 0 Å². The molecule has 0 aromatic heterocycles. The predicted molar refractivity (Wildman–Crippen MR) is 85.5 cm³/mol. The van der Waals surface area contributed by atoms with Crippen LogP contribution in [0.1, 0.15) is 63.5 Å². The van der Waals surface area contributed by atoms with E-state index in [1.54, 1.807) is 0 Å². The fraction of sp³-hybridized carbons (Fsp3) is 0.667. The molecule has 0 aliphatic carbocycles. The van der Waals surface area contributed by atoms with Crippen molar-refractivity contribution < 1.29 is 9.84 Å². The average Bonchev–Trinajstić information content (AvgIpc) is 2.47. The zero-order valence-electron chi connectivity index (χ0n) is 13.2. The van der Waals surface area contributed by atoms with Crippen LogP contribution in [0.4, 0.5) is 0 Å². The third-order valence-corrected chi connectivity index (χ3v) is 3.59. The molecule has 2 heteroatoms. The highest BCUT2D eigenvalue weighted by molar-refractivity contribution is 5.37. The molecule has 0 aliphatic rings. The number of aryl methyl sites for hydroxylation is 2. The third-order valence-electron chi connectivity index (χ3n) is 3.59. The fourth-order valence-corrected chi connectivity index (χ4v) is 2.42. The van der Waals surface area contributed by atoms with Crippen LogP contribution in [0.5, 0.6) is 5.75 Å². The number of hydrogen-bond acceptors (Lipinski definition) is 2. The van der Waals surface area contributed by atoms with E-state index in [1.807, 2.05) is 0 Å². The maximum absolute atomic E-state index is 8.91. The summed E-state index contributed by atoms with van der Waals surface area (Å²) in [6, 6.07) is 6.56. The summed E-state index contributed by atoms with van der Waals surface area (Å²) in [5.41, 5.74) is 2.72. The number of unbranched alkanes of at least 4 members (excludes halogenated alkanes) is 4. The largest absolute Gasteiger partial charge is 0.491 e. The van der Waals surface area contributed by atoms with Crippen molar-refractivity contribution in [1.82, 2.24) is 0 Å². The van der Waals surface area contributed by atoms with Gasteiger partial charge in [-0.3, -0.25) is 0 Å². The van der Waals surface area contributed by atoms with Crippen molar-refractivity contribution in [3.05, 3.63) is 29.3 Å². The van der Waals surface area contributed by atoms with Gasteiger partial charge in [0.05, 0.1) is 6.61 Å². The van der Waals surface area contributed by atoms with Crippen LogP contribution in [0.25, 0.3) is 0 Å². The number of benzene rings is 1. The van der Waals surface area contributed by atoms with Crippen LogP contribution in [-0.4, -0.2) is 18.3 Å². The highest BCUT2D eigenvalue weighted by Gasteiger charge is 2.05. The van der Waals surface area contributed by atoms with Gasteiger partial charge >= 0.3 is 0 Å². The second-order valence-electron chi connectivity index (χ2n) is 5.43. The minimum atomic E-state index is 0.0760. The molecule has 1 N–H and O–H groups in total. The van der Waals surface area contributed by atoms with E-state index in [4.69, 9.17) is 9.84 Å². The molecule has 0 aliphatic heterocycles. The number of aliphatic hydroxyl groups excluding tert-OH is 1. The predicted octanol–water partition coefficient (Wildman–Crippen LogP) is 4.52. The molecule has 20 heavy (non-hydrogen) atoms. The molecule has 1 rings (SSSR count). The zero-order valence-corrected chi connectivity index (χ0v) is 13.2. The molecular weight excluding hydrogens is 248 g/mol. The van der Waals surface area contributed by atoms with Gasteiger partial charge < -0.3 is 9.84 Å². The van der Waals surface area contributed by atoms with Crippen molar-refractivity contribution in [2.24, 2.45) is 0 Å². The van der Waals surface area contributed by atoms with Gasteiger partial charge in [0, 0.05) is 0 Å². The van der Waals surface area contributed by atoms with E-state index in [9.17, 15) is 0 Å². The highest BCUT2D eigenvalue weighted by Crippen LogP contribution is 2.23. The van der Waals surface area contributed by atoms with Gasteiger partial charge in [-0.05, 0) is 42.9 Å². The molecule has 0 saturated carbocycles. The van der Waals surface area contributed by atoms with Gasteiger partial charge in [-0.1, -0.05) is 51.7 Å². The van der Waals surface area contributed by atoms with Gasteiger partial charge in [0.1, 0.15) is 12.4 Å². The minimum Gasteiger partial charge on any atom is -0.491 e. The smallest absolute Gasteiger partial charge is 0.122 e. The molecule has 0 unspecified atom stereocenters. The van der Waals surface area contributed by atoms with Crippen LogP contribution in [0.15, 0.2) is 18.2 Å². The van der Waals surface area contributed by atoms with Crippen molar-refractivity contribution in [2.75, 3.05) is 13.2 Å². The summed E-state index contributed by atoms with van der Waals surface area (Å²) in [6.45, 7) is 4.93. The Kier molecular flexibility index (Phi) is 9.14. The van der Waals surface area contributed by atoms with E-state index in [2.05, 4.69) is 32.0 Å². The second-order valence-corrected chi connectivity index (χ2v) is 5.43. The second kappa shape index (κ2) is 10.7. The van der Waals surface area contributed by atoms with Crippen molar-refractivity contribution in [1.29, 1.82) is 0 Å². The van der Waals surface area contributed by atoms with E-state index < -0.39 is 0 Å². The molecule has 0 radical (unpaired) electrons. The number of rotatable bonds is 11. The summed E-state index contributed by atoms with van der Waals surface area (Å²) in [7, 11) is 0. The average molecular weight is 278 g/mol. The van der Waals surface area contributed by atoms with E-state index >= 15 is 0 Å². The maximum atomic E-state index is 8.91. The standard InChI is InChI=1S/C18H30O2/c1-3-5-7-9-16-11-12-18(20-14-13-19)17(15-16)10-8-6-4-2/h11-12,15,19H,3-10,13-14H2,1-2H3. The topological polar surface area (TPSA) is 29.5 Å². The van der Waals surface area contributed by atoms with Gasteiger partial charge in [0.25, 0.3) is 0 Å². The van der Waals surface area contributed by atoms with Gasteiger partial charge in [-0.25, -0.2) is 0 Å². The van der Waals surface area contributed by atoms with Crippen LogP contribution in [0.3, 0.4) is 0 Å². The lowest BCUT2D eigenvalue weighted by Gasteiger charge is -2.13. The lowest BCUT2D eigenvalue weighted by molar-refractivity contribution is 0.200. The lowest BCUT2D eigenvalue weighted by atomic mass is 10.0. The monoisotopic (exact) mass is 278 g/mol. The SMILES string of the molecule is CCCCCc1ccc(OCCO)c(CCCCC)c1. The van der Waals surface area contributed by atoms with Crippen molar-refractivity contribution in [3.63, 3.8) is 0 Å². The normalized spacial score (nSPS) is 10.8. The summed E-state index contributed by atoms with van der Waals surface area (Å²) in [5.74, 6) is 0.953. The molecule has 2 nitrogen and oxygen atoms in total. The van der Waals surface area contributed by atoms with Crippen LogP contribution >= 0.6 is 0 Å². The van der Waals surface area contributed by atoms with Gasteiger partial charge in [-0.15, -0.1) is 0 Å². The van der Waals surface area contributed by atoms with Crippen molar-refractivity contribution in [3.8, 4) is 5.75 Å². The molecule has 0 fully saturated rings. The molecule has 114 valence electrons. The van der Waals surface area contributed by atoms with Crippen molar-refractivity contribution in [2.45, 2.75) is 65.2 Å². The van der Waals surface area contributed by atoms with E-state index in [0.717, 1.165) is 18.6 Å². The Morgan fingerprint density at radius 1 is 0.950 bits per heavy atom. The lowest BCUT2D eigenvalue weighted by Crippen LogP contribution is -2.04. The number of ether oxygens (including phenoxy) is 1. The molecular formula is C18H30O2. The van der Waals surface area contributed by atoms with Crippen LogP contribution in [0.2, 0.25) is 0 Å². The first-order chi connectivity index (χ1) is 9.81. The van der Waals surface area contributed by atoms with Gasteiger partial charge in [-0.2, -0.15) is 0 Å². The first-order valence-corrected chi connectivity index (χ1v) is 8.17. The maximum Gasteiger partial charge on any atom is 0.122 e. The van der Waals surface area contributed by atoms with Crippen LogP contribution in [-0.2, 0) is 12.8 Å². The van der Waals surface area contributed by atoms with E-state index in [0.29, 0.717) is 6.61 Å². The third kappa shape index (κ3) is 6.42. The Labute approximate surface area is 124 Å². The summed E-state index contributed by atoms with van der Waals surface area (Å²) in [6.07, 6.45) is 9.79. The molecule has 0 amide bonds. The molecule has 0 saturated heterocycles. The molecule has 0 bridgehead atoms. The summed E-state index contributed by atoms with van der Waals surface area (Å²) < 4.78 is 5.65. The Hall–Kier alpha value is -1.02. The Morgan fingerprint density at radius 3 is 2.30 bits per heavy atom. The quantitative estimate of drug-likeness (QED) is 0.603. The summed E-state index contributed by atoms with van der Waals surface area (Å²) in [5, 5.41) is 8.91. The first kappa shape index (κ1) is 17.0. The molecule has 0 atom stereocenters. The summed E-state index contributed by atoms with van der Waals surface area (Å²) in [4.78, 5) is 0. The molecule has 1 aromatic carbocycles. The Bertz CT molecular complexity index is 360. The highest BCUT2D eigenvalue weighted by atomic mass is 16.5. The Morgan fingerprint density at radius 2 is 1.65 bits per heavy atom. The van der Waals surface area contributed by atoms with Crippen molar-refractivity contribution >= 4 is 0 Å². The molecule has 0 spiro atoms. The fourth-order valence-electron chi connectivity index (χ4n) is 2.42. The van der Waals surface area contributed by atoms with Crippen LogP contribution < -0.4 is 4.74 Å². The Balaban J connectivity index is 2.67. The number of hydrogen-bond donors (Lipinski definition) is 1.